The molecule has 0 fully saturated rings. The molecule has 0 bridgehead atoms. The van der Waals surface area contributed by atoms with Crippen molar-refractivity contribution in [2.75, 3.05) is 19.6 Å². The summed E-state index contributed by atoms with van der Waals surface area (Å²) in [6, 6.07) is 3.07. The van der Waals surface area contributed by atoms with E-state index in [-0.39, 0.29) is 11.9 Å². The van der Waals surface area contributed by atoms with Gasteiger partial charge in [0, 0.05) is 31.0 Å². The number of nitrogens with zero attached hydrogens (tertiary/aromatic N) is 2. The maximum absolute atomic E-state index is 13.8. The first kappa shape index (κ1) is 16.0. The van der Waals surface area contributed by atoms with Gasteiger partial charge in [-0.05, 0) is 13.8 Å². The van der Waals surface area contributed by atoms with Crippen LogP contribution >= 0.6 is 11.6 Å². The number of aryl methyl sites for hydroxylation is 1. The molecule has 0 aliphatic carbocycles. The van der Waals surface area contributed by atoms with E-state index in [1.807, 2.05) is 18.4 Å². The van der Waals surface area contributed by atoms with Crippen LogP contribution in [0, 0.1) is 5.82 Å². The SMILES string of the molecule is CCOC(C)Cn1c(CCCl)nc2cc(F)c(OC)cc21. The molecular weight excluding hydrogens is 295 g/mol. The highest BCUT2D eigenvalue weighted by Crippen LogP contribution is 2.26. The summed E-state index contributed by atoms with van der Waals surface area (Å²) in [7, 11) is 1.45. The Kier molecular flexibility index (Phi) is 5.42. The van der Waals surface area contributed by atoms with Crippen LogP contribution in [-0.4, -0.2) is 35.3 Å². The second-order valence-electron chi connectivity index (χ2n) is 4.82. The van der Waals surface area contributed by atoms with E-state index in [0.29, 0.717) is 31.0 Å². The minimum absolute atomic E-state index is 0.0394. The Labute approximate surface area is 128 Å². The lowest BCUT2D eigenvalue weighted by atomic mass is 10.2. The fraction of sp³-hybridized carbons (Fsp3) is 0.533. The van der Waals surface area contributed by atoms with Gasteiger partial charge in [-0.15, -0.1) is 11.6 Å². The lowest BCUT2D eigenvalue weighted by molar-refractivity contribution is 0.0643. The molecule has 0 saturated heterocycles. The van der Waals surface area contributed by atoms with Gasteiger partial charge in [0.15, 0.2) is 11.6 Å². The van der Waals surface area contributed by atoms with E-state index in [1.54, 1.807) is 6.07 Å². The summed E-state index contributed by atoms with van der Waals surface area (Å²) < 4.78 is 26.5. The molecule has 1 heterocycles. The number of fused-ring (bicyclic) bond motifs is 1. The van der Waals surface area contributed by atoms with Crippen LogP contribution in [0.2, 0.25) is 0 Å². The molecule has 0 radical (unpaired) electrons. The Balaban J connectivity index is 2.49. The molecular formula is C15H20ClFN2O2. The van der Waals surface area contributed by atoms with Gasteiger partial charge in [0.05, 0.1) is 30.8 Å². The van der Waals surface area contributed by atoms with Crippen molar-refractivity contribution in [2.24, 2.45) is 0 Å². The first-order valence-corrected chi connectivity index (χ1v) is 7.54. The van der Waals surface area contributed by atoms with Gasteiger partial charge in [-0.2, -0.15) is 0 Å². The number of rotatable bonds is 7. The summed E-state index contributed by atoms with van der Waals surface area (Å²) in [6.07, 6.45) is 0.663. The molecule has 0 saturated carbocycles. The van der Waals surface area contributed by atoms with E-state index in [1.165, 1.54) is 13.2 Å². The van der Waals surface area contributed by atoms with E-state index in [0.717, 1.165) is 11.3 Å². The number of aromatic nitrogens is 2. The molecule has 0 aliphatic rings. The normalized spacial score (nSPS) is 12.8. The highest BCUT2D eigenvalue weighted by molar-refractivity contribution is 6.17. The number of benzene rings is 1. The molecule has 1 aromatic heterocycles. The molecule has 4 nitrogen and oxygen atoms in total. The molecule has 0 amide bonds. The van der Waals surface area contributed by atoms with E-state index in [2.05, 4.69) is 4.98 Å². The molecule has 0 N–H and O–H groups in total. The lowest BCUT2D eigenvalue weighted by Gasteiger charge is -2.15. The largest absolute Gasteiger partial charge is 0.494 e. The number of hydrogen-bond acceptors (Lipinski definition) is 3. The van der Waals surface area contributed by atoms with Crippen LogP contribution in [0.25, 0.3) is 11.0 Å². The Bertz CT molecular complexity index is 615. The van der Waals surface area contributed by atoms with Crippen LogP contribution in [0.5, 0.6) is 5.75 Å². The van der Waals surface area contributed by atoms with Crippen molar-refractivity contribution in [3.8, 4) is 5.75 Å². The van der Waals surface area contributed by atoms with Crippen molar-refractivity contribution in [3.63, 3.8) is 0 Å². The number of methoxy groups -OCH3 is 1. The van der Waals surface area contributed by atoms with Crippen LogP contribution < -0.4 is 4.74 Å². The van der Waals surface area contributed by atoms with Crippen LogP contribution in [0.3, 0.4) is 0 Å². The molecule has 0 spiro atoms. The smallest absolute Gasteiger partial charge is 0.167 e. The first-order chi connectivity index (χ1) is 10.1. The van der Waals surface area contributed by atoms with Crippen LogP contribution in [0.4, 0.5) is 4.39 Å². The molecule has 0 aliphatic heterocycles. The van der Waals surface area contributed by atoms with Gasteiger partial charge in [0.2, 0.25) is 0 Å². The third kappa shape index (κ3) is 3.47. The molecule has 2 aromatic rings. The van der Waals surface area contributed by atoms with Crippen LogP contribution in [-0.2, 0) is 17.7 Å². The second-order valence-corrected chi connectivity index (χ2v) is 5.20. The van der Waals surface area contributed by atoms with Gasteiger partial charge in [-0.25, -0.2) is 9.37 Å². The van der Waals surface area contributed by atoms with E-state index >= 15 is 0 Å². The van der Waals surface area contributed by atoms with Crippen molar-refractivity contribution < 1.29 is 13.9 Å². The van der Waals surface area contributed by atoms with Crippen LogP contribution in [0.1, 0.15) is 19.7 Å². The predicted octanol–water partition coefficient (Wildman–Crippen LogP) is 3.39. The third-order valence-corrected chi connectivity index (χ3v) is 3.50. The Morgan fingerprint density at radius 2 is 2.19 bits per heavy atom. The van der Waals surface area contributed by atoms with Crippen molar-refractivity contribution in [1.82, 2.24) is 9.55 Å². The lowest BCUT2D eigenvalue weighted by Crippen LogP contribution is -2.18. The number of alkyl halides is 1. The van der Waals surface area contributed by atoms with Crippen LogP contribution in [0.15, 0.2) is 12.1 Å². The Hall–Kier alpha value is -1.33. The quantitative estimate of drug-likeness (QED) is 0.735. The summed E-state index contributed by atoms with van der Waals surface area (Å²) in [6.45, 7) is 5.25. The first-order valence-electron chi connectivity index (χ1n) is 7.00. The Morgan fingerprint density at radius 1 is 1.43 bits per heavy atom. The van der Waals surface area contributed by atoms with E-state index in [9.17, 15) is 4.39 Å². The number of ether oxygens (including phenoxy) is 2. The zero-order valence-corrected chi connectivity index (χ0v) is 13.3. The average Bonchev–Trinajstić information content (AvgIpc) is 2.75. The maximum Gasteiger partial charge on any atom is 0.167 e. The molecule has 1 unspecified atom stereocenters. The molecule has 2 rings (SSSR count). The molecule has 116 valence electrons. The van der Waals surface area contributed by atoms with Crippen molar-refractivity contribution in [1.29, 1.82) is 0 Å². The second kappa shape index (κ2) is 7.09. The molecule has 21 heavy (non-hydrogen) atoms. The fourth-order valence-electron chi connectivity index (χ4n) is 2.41. The zero-order chi connectivity index (χ0) is 15.4. The van der Waals surface area contributed by atoms with Gasteiger partial charge in [0.25, 0.3) is 0 Å². The van der Waals surface area contributed by atoms with Gasteiger partial charge < -0.3 is 14.0 Å². The summed E-state index contributed by atoms with van der Waals surface area (Å²) in [4.78, 5) is 4.48. The summed E-state index contributed by atoms with van der Waals surface area (Å²) in [5, 5.41) is 0. The standard InChI is InChI=1S/C15H20ClFN2O2/c1-4-21-10(2)9-19-13-8-14(20-3)11(17)7-12(13)18-15(19)5-6-16/h7-8,10H,4-6,9H2,1-3H3. The zero-order valence-electron chi connectivity index (χ0n) is 12.5. The number of imidazole rings is 1. The number of halogens is 2. The molecule has 6 heteroatoms. The molecule has 1 atom stereocenters. The predicted molar refractivity (Wildman–Crippen MR) is 81.8 cm³/mol. The van der Waals surface area contributed by atoms with E-state index in [4.69, 9.17) is 21.1 Å². The number of hydrogen-bond donors (Lipinski definition) is 0. The topological polar surface area (TPSA) is 36.3 Å². The van der Waals surface area contributed by atoms with Gasteiger partial charge >= 0.3 is 0 Å². The van der Waals surface area contributed by atoms with Gasteiger partial charge in [-0.1, -0.05) is 0 Å². The summed E-state index contributed by atoms with van der Waals surface area (Å²) >= 11 is 5.84. The maximum atomic E-state index is 13.8. The van der Waals surface area contributed by atoms with E-state index < -0.39 is 5.82 Å². The third-order valence-electron chi connectivity index (χ3n) is 3.31. The van der Waals surface area contributed by atoms with Crippen molar-refractivity contribution >= 4 is 22.6 Å². The highest BCUT2D eigenvalue weighted by atomic mass is 35.5. The fourth-order valence-corrected chi connectivity index (χ4v) is 2.58. The highest BCUT2D eigenvalue weighted by Gasteiger charge is 2.16. The van der Waals surface area contributed by atoms with Gasteiger partial charge in [0.1, 0.15) is 5.82 Å². The minimum Gasteiger partial charge on any atom is -0.494 e. The monoisotopic (exact) mass is 314 g/mol. The van der Waals surface area contributed by atoms with Gasteiger partial charge in [-0.3, -0.25) is 0 Å². The van der Waals surface area contributed by atoms with Crippen molar-refractivity contribution in [2.45, 2.75) is 32.9 Å². The molecule has 1 aromatic carbocycles. The summed E-state index contributed by atoms with van der Waals surface area (Å²) in [5.74, 6) is 1.10. The van der Waals surface area contributed by atoms with Crippen molar-refractivity contribution in [3.05, 3.63) is 23.8 Å². The summed E-state index contributed by atoms with van der Waals surface area (Å²) in [5.41, 5.74) is 1.44. The minimum atomic E-state index is -0.412. The Morgan fingerprint density at radius 3 is 2.81 bits per heavy atom. The average molecular weight is 315 g/mol.